The Morgan fingerprint density at radius 3 is 1.29 bits per heavy atom. The first-order chi connectivity index (χ1) is 13.8. The SMILES string of the molecule is CCCCOc1ccc(N2CCN(c3ccc(OCCCC)cc3)CC2)cc1. The van der Waals surface area contributed by atoms with Crippen molar-refractivity contribution in [2.45, 2.75) is 39.5 Å². The molecule has 1 aliphatic rings. The summed E-state index contributed by atoms with van der Waals surface area (Å²) in [5.74, 6) is 1.94. The number of hydrogen-bond acceptors (Lipinski definition) is 4. The van der Waals surface area contributed by atoms with E-state index >= 15 is 0 Å². The molecule has 1 saturated heterocycles. The third kappa shape index (κ3) is 5.82. The first-order valence-corrected chi connectivity index (χ1v) is 10.8. The lowest BCUT2D eigenvalue weighted by molar-refractivity contribution is 0.309. The molecule has 28 heavy (non-hydrogen) atoms. The van der Waals surface area contributed by atoms with Crippen LogP contribution in [0.1, 0.15) is 39.5 Å². The van der Waals surface area contributed by atoms with Crippen LogP contribution in [0.25, 0.3) is 0 Å². The van der Waals surface area contributed by atoms with Crippen molar-refractivity contribution in [1.82, 2.24) is 0 Å². The zero-order valence-electron chi connectivity index (χ0n) is 17.4. The van der Waals surface area contributed by atoms with Gasteiger partial charge in [-0.1, -0.05) is 26.7 Å². The van der Waals surface area contributed by atoms with Gasteiger partial charge in [-0.2, -0.15) is 0 Å². The topological polar surface area (TPSA) is 24.9 Å². The third-order valence-corrected chi connectivity index (χ3v) is 5.22. The highest BCUT2D eigenvalue weighted by Crippen LogP contribution is 2.24. The van der Waals surface area contributed by atoms with Crippen LogP contribution >= 0.6 is 0 Å². The van der Waals surface area contributed by atoms with Crippen LogP contribution in [-0.4, -0.2) is 39.4 Å². The highest BCUT2D eigenvalue weighted by Gasteiger charge is 2.17. The molecule has 4 nitrogen and oxygen atoms in total. The van der Waals surface area contributed by atoms with Gasteiger partial charge in [0.1, 0.15) is 11.5 Å². The number of nitrogens with zero attached hydrogens (tertiary/aromatic N) is 2. The van der Waals surface area contributed by atoms with Gasteiger partial charge in [0.2, 0.25) is 0 Å². The highest BCUT2D eigenvalue weighted by molar-refractivity contribution is 5.54. The van der Waals surface area contributed by atoms with Gasteiger partial charge in [0, 0.05) is 37.6 Å². The van der Waals surface area contributed by atoms with Crippen molar-refractivity contribution in [2.24, 2.45) is 0 Å². The average Bonchev–Trinajstić information content (AvgIpc) is 2.75. The van der Waals surface area contributed by atoms with Gasteiger partial charge in [0.25, 0.3) is 0 Å². The molecule has 1 heterocycles. The number of benzene rings is 2. The van der Waals surface area contributed by atoms with Gasteiger partial charge in [-0.15, -0.1) is 0 Å². The molecular formula is C24H34N2O2. The summed E-state index contributed by atoms with van der Waals surface area (Å²) in [6.07, 6.45) is 4.54. The van der Waals surface area contributed by atoms with E-state index in [1.54, 1.807) is 0 Å². The highest BCUT2D eigenvalue weighted by atomic mass is 16.5. The van der Waals surface area contributed by atoms with Crippen molar-refractivity contribution >= 4 is 11.4 Å². The fraction of sp³-hybridized carbons (Fsp3) is 0.500. The quantitative estimate of drug-likeness (QED) is 0.516. The van der Waals surface area contributed by atoms with E-state index in [2.05, 4.69) is 72.2 Å². The van der Waals surface area contributed by atoms with Crippen LogP contribution in [0.4, 0.5) is 11.4 Å². The van der Waals surface area contributed by atoms with Crippen LogP contribution in [0.15, 0.2) is 48.5 Å². The Bertz CT molecular complexity index is 615. The van der Waals surface area contributed by atoms with E-state index in [4.69, 9.17) is 9.47 Å². The predicted octanol–water partition coefficient (Wildman–Crippen LogP) is 5.37. The van der Waals surface area contributed by atoms with Crippen LogP contribution < -0.4 is 19.3 Å². The second-order valence-corrected chi connectivity index (χ2v) is 7.37. The molecule has 0 amide bonds. The number of unbranched alkanes of at least 4 members (excludes halogenated alkanes) is 2. The molecule has 0 spiro atoms. The molecule has 0 aliphatic carbocycles. The second kappa shape index (κ2) is 10.8. The zero-order chi connectivity index (χ0) is 19.6. The van der Waals surface area contributed by atoms with Gasteiger partial charge in [-0.3, -0.25) is 0 Å². The summed E-state index contributed by atoms with van der Waals surface area (Å²) in [6.45, 7) is 10.1. The van der Waals surface area contributed by atoms with Gasteiger partial charge in [-0.25, -0.2) is 0 Å². The molecule has 0 radical (unpaired) electrons. The number of ether oxygens (including phenoxy) is 2. The molecule has 0 bridgehead atoms. The fourth-order valence-corrected chi connectivity index (χ4v) is 3.40. The van der Waals surface area contributed by atoms with Crippen molar-refractivity contribution < 1.29 is 9.47 Å². The van der Waals surface area contributed by atoms with Crippen molar-refractivity contribution in [3.05, 3.63) is 48.5 Å². The monoisotopic (exact) mass is 382 g/mol. The molecule has 1 aliphatic heterocycles. The number of anilines is 2. The first-order valence-electron chi connectivity index (χ1n) is 10.8. The van der Waals surface area contributed by atoms with Crippen LogP contribution in [0, 0.1) is 0 Å². The molecular weight excluding hydrogens is 348 g/mol. The van der Waals surface area contributed by atoms with E-state index in [-0.39, 0.29) is 0 Å². The minimum Gasteiger partial charge on any atom is -0.494 e. The smallest absolute Gasteiger partial charge is 0.119 e. The van der Waals surface area contributed by atoms with Crippen LogP contribution in [0.5, 0.6) is 11.5 Å². The van der Waals surface area contributed by atoms with Crippen LogP contribution in [-0.2, 0) is 0 Å². The molecule has 1 fully saturated rings. The van der Waals surface area contributed by atoms with E-state index < -0.39 is 0 Å². The molecule has 2 aromatic carbocycles. The number of rotatable bonds is 10. The average molecular weight is 383 g/mol. The summed E-state index contributed by atoms with van der Waals surface area (Å²) in [4.78, 5) is 4.91. The molecule has 0 aromatic heterocycles. The fourth-order valence-electron chi connectivity index (χ4n) is 3.40. The predicted molar refractivity (Wildman–Crippen MR) is 118 cm³/mol. The first kappa shape index (κ1) is 20.4. The molecule has 152 valence electrons. The molecule has 0 N–H and O–H groups in total. The van der Waals surface area contributed by atoms with Gasteiger partial charge in [-0.05, 0) is 61.4 Å². The van der Waals surface area contributed by atoms with Crippen LogP contribution in [0.3, 0.4) is 0 Å². The Morgan fingerprint density at radius 1 is 0.607 bits per heavy atom. The summed E-state index contributed by atoms with van der Waals surface area (Å²) >= 11 is 0. The Hall–Kier alpha value is -2.36. The van der Waals surface area contributed by atoms with Crippen molar-refractivity contribution in [3.63, 3.8) is 0 Å². The lowest BCUT2D eigenvalue weighted by Crippen LogP contribution is -2.46. The number of hydrogen-bond donors (Lipinski definition) is 0. The van der Waals surface area contributed by atoms with E-state index in [9.17, 15) is 0 Å². The second-order valence-electron chi connectivity index (χ2n) is 7.37. The normalized spacial score (nSPS) is 14.2. The van der Waals surface area contributed by atoms with E-state index in [1.165, 1.54) is 11.4 Å². The maximum absolute atomic E-state index is 5.77. The Labute approximate surface area is 170 Å². The minimum atomic E-state index is 0.803. The third-order valence-electron chi connectivity index (χ3n) is 5.22. The van der Waals surface area contributed by atoms with Crippen molar-refractivity contribution in [1.29, 1.82) is 0 Å². The molecule has 0 atom stereocenters. The lowest BCUT2D eigenvalue weighted by atomic mass is 10.2. The maximum Gasteiger partial charge on any atom is 0.119 e. The Kier molecular flexibility index (Phi) is 7.89. The van der Waals surface area contributed by atoms with E-state index in [0.717, 1.165) is 76.6 Å². The van der Waals surface area contributed by atoms with Crippen molar-refractivity contribution in [3.8, 4) is 11.5 Å². The molecule has 3 rings (SSSR count). The van der Waals surface area contributed by atoms with Gasteiger partial charge >= 0.3 is 0 Å². The summed E-state index contributed by atoms with van der Waals surface area (Å²) in [5.41, 5.74) is 2.56. The van der Waals surface area contributed by atoms with Gasteiger partial charge in [0.15, 0.2) is 0 Å². The van der Waals surface area contributed by atoms with Gasteiger partial charge in [0.05, 0.1) is 13.2 Å². The summed E-state index contributed by atoms with van der Waals surface area (Å²) < 4.78 is 11.5. The summed E-state index contributed by atoms with van der Waals surface area (Å²) in [5, 5.41) is 0. The molecule has 0 unspecified atom stereocenters. The Balaban J connectivity index is 1.47. The largest absolute Gasteiger partial charge is 0.494 e. The summed E-state index contributed by atoms with van der Waals surface area (Å²) in [6, 6.07) is 17.1. The molecule has 2 aromatic rings. The zero-order valence-corrected chi connectivity index (χ0v) is 17.4. The standard InChI is InChI=1S/C24H34N2O2/c1-3-5-19-27-23-11-7-21(8-12-23)25-15-17-26(18-16-25)22-9-13-24(14-10-22)28-20-6-4-2/h7-14H,3-6,15-20H2,1-2H3. The van der Waals surface area contributed by atoms with Gasteiger partial charge < -0.3 is 19.3 Å². The van der Waals surface area contributed by atoms with E-state index in [0.29, 0.717) is 0 Å². The van der Waals surface area contributed by atoms with Crippen LogP contribution in [0.2, 0.25) is 0 Å². The Morgan fingerprint density at radius 2 is 0.964 bits per heavy atom. The lowest BCUT2D eigenvalue weighted by Gasteiger charge is -2.37. The maximum atomic E-state index is 5.77. The molecule has 0 saturated carbocycles. The van der Waals surface area contributed by atoms with Crippen molar-refractivity contribution in [2.75, 3.05) is 49.2 Å². The van der Waals surface area contributed by atoms with E-state index in [1.807, 2.05) is 0 Å². The minimum absolute atomic E-state index is 0.803. The number of piperazine rings is 1. The summed E-state index contributed by atoms with van der Waals surface area (Å²) in [7, 11) is 0. The molecule has 4 heteroatoms.